The predicted octanol–water partition coefficient (Wildman–Crippen LogP) is 12.7. The molecule has 0 aliphatic heterocycles. The summed E-state index contributed by atoms with van der Waals surface area (Å²) < 4.78 is 63.8. The lowest BCUT2D eigenvalue weighted by molar-refractivity contribution is 0.590. The first kappa shape index (κ1) is 24.0. The van der Waals surface area contributed by atoms with E-state index in [1.807, 2.05) is 66.7 Å². The zero-order chi connectivity index (χ0) is 39.2. The first-order valence-electron chi connectivity index (χ1n) is 19.1. The molecule has 9 aromatic rings. The van der Waals surface area contributed by atoms with E-state index in [-0.39, 0.29) is 92.2 Å². The van der Waals surface area contributed by atoms with E-state index in [0.29, 0.717) is 22.4 Å². The van der Waals surface area contributed by atoms with Gasteiger partial charge in [0, 0.05) is 47.6 Å². The molecule has 3 heterocycles. The average molecular weight is 669 g/mol. The third-order valence-corrected chi connectivity index (χ3v) is 10.0. The van der Waals surface area contributed by atoms with Crippen molar-refractivity contribution in [2.24, 2.45) is 0 Å². The Morgan fingerprint density at radius 3 is 2.00 bits per heavy atom. The summed E-state index contributed by atoms with van der Waals surface area (Å²) >= 11 is 1.55. The van der Waals surface area contributed by atoms with E-state index < -0.39 is 0 Å². The largest absolute Gasteiger partial charge is 0.456 e. The van der Waals surface area contributed by atoms with Crippen LogP contribution in [0.25, 0.3) is 92.2 Å². The second-order valence-corrected chi connectivity index (χ2v) is 14.1. The minimum Gasteiger partial charge on any atom is -0.456 e. The highest BCUT2D eigenvalue weighted by molar-refractivity contribution is 7.26. The van der Waals surface area contributed by atoms with Crippen LogP contribution in [0.4, 0.5) is 5.69 Å². The van der Waals surface area contributed by atoms with Gasteiger partial charge in [-0.25, -0.2) is 19.8 Å². The second-order valence-electron chi connectivity index (χ2n) is 13.1. The van der Waals surface area contributed by atoms with E-state index in [0.717, 1.165) is 25.7 Å². The third-order valence-electron chi connectivity index (χ3n) is 8.81. The van der Waals surface area contributed by atoms with Gasteiger partial charge in [-0.05, 0) is 52.3 Å². The molecule has 0 N–H and O–H groups in total. The van der Waals surface area contributed by atoms with Gasteiger partial charge in [0.1, 0.15) is 11.2 Å². The molecule has 0 aliphatic rings. The van der Waals surface area contributed by atoms with Crippen LogP contribution in [-0.2, 0) is 5.41 Å². The van der Waals surface area contributed by atoms with Crippen LogP contribution in [0.3, 0.4) is 0 Å². The highest BCUT2D eigenvalue weighted by Crippen LogP contribution is 2.42. The van der Waals surface area contributed by atoms with Crippen molar-refractivity contribution in [1.82, 2.24) is 15.0 Å². The smallest absolute Gasteiger partial charge is 0.187 e. The Morgan fingerprint density at radius 1 is 0.620 bits per heavy atom. The van der Waals surface area contributed by atoms with Gasteiger partial charge in [-0.1, -0.05) is 118 Å². The van der Waals surface area contributed by atoms with Gasteiger partial charge in [-0.3, -0.25) is 0 Å². The molecular formula is C44H30N4OS. The predicted molar refractivity (Wildman–Crippen MR) is 207 cm³/mol. The van der Waals surface area contributed by atoms with E-state index in [9.17, 15) is 5.48 Å². The van der Waals surface area contributed by atoms with Gasteiger partial charge in [0.15, 0.2) is 23.2 Å². The van der Waals surface area contributed by atoms with Crippen molar-refractivity contribution in [1.29, 1.82) is 0 Å². The van der Waals surface area contributed by atoms with E-state index >= 15 is 0 Å². The number of rotatable bonds is 4. The number of aromatic nitrogens is 3. The Morgan fingerprint density at radius 2 is 1.28 bits per heavy atom. The normalized spacial score (nSPS) is 13.6. The lowest BCUT2D eigenvalue weighted by atomic mass is 9.87. The highest BCUT2D eigenvalue weighted by Gasteiger charge is 2.18. The quantitative estimate of drug-likeness (QED) is 0.175. The van der Waals surface area contributed by atoms with Crippen LogP contribution in [0, 0.1) is 6.57 Å². The molecule has 6 heteroatoms. The number of hydrogen-bond donors (Lipinski definition) is 0. The molecule has 0 saturated carbocycles. The van der Waals surface area contributed by atoms with Gasteiger partial charge in [-0.15, -0.1) is 11.3 Å². The van der Waals surface area contributed by atoms with Gasteiger partial charge < -0.3 is 4.42 Å². The zero-order valence-electron chi connectivity index (χ0n) is 33.3. The maximum Gasteiger partial charge on any atom is 0.187 e. The Kier molecular flexibility index (Phi) is 5.52. The second kappa shape index (κ2) is 11.5. The molecule has 0 unspecified atom stereocenters. The van der Waals surface area contributed by atoms with Crippen LogP contribution >= 0.6 is 11.3 Å². The molecule has 0 saturated heterocycles. The molecule has 0 bridgehead atoms. The van der Waals surface area contributed by atoms with E-state index in [1.54, 1.807) is 35.6 Å². The van der Waals surface area contributed by atoms with Crippen molar-refractivity contribution in [2.75, 3.05) is 0 Å². The van der Waals surface area contributed by atoms with Crippen LogP contribution in [0.2, 0.25) is 0 Å². The summed E-state index contributed by atoms with van der Waals surface area (Å²) in [6.07, 6.45) is 0. The maximum absolute atomic E-state index is 9.49. The molecular weight excluding hydrogens is 633 g/mol. The lowest BCUT2D eigenvalue weighted by Crippen LogP contribution is -2.10. The van der Waals surface area contributed by atoms with E-state index in [4.69, 9.17) is 28.7 Å². The monoisotopic (exact) mass is 668 g/mol. The van der Waals surface area contributed by atoms with Crippen molar-refractivity contribution in [3.63, 3.8) is 0 Å². The maximum atomic E-state index is 9.49. The molecule has 0 amide bonds. The highest BCUT2D eigenvalue weighted by atomic mass is 32.1. The van der Waals surface area contributed by atoms with Crippen LogP contribution in [0.15, 0.2) is 132 Å². The van der Waals surface area contributed by atoms with Crippen molar-refractivity contribution in [3.05, 3.63) is 144 Å². The summed E-state index contributed by atoms with van der Waals surface area (Å²) in [5.74, 6) is 0.508. The van der Waals surface area contributed by atoms with Gasteiger partial charge >= 0.3 is 0 Å². The van der Waals surface area contributed by atoms with Gasteiger partial charge in [0.2, 0.25) is 0 Å². The molecule has 0 aliphatic carbocycles. The Balaban J connectivity index is 1.29. The number of nitrogens with zero attached hydrogens (tertiary/aromatic N) is 4. The van der Waals surface area contributed by atoms with Gasteiger partial charge in [-0.2, -0.15) is 0 Å². The molecule has 50 heavy (non-hydrogen) atoms. The van der Waals surface area contributed by atoms with E-state index in [1.165, 1.54) is 0 Å². The van der Waals surface area contributed by atoms with E-state index in [2.05, 4.69) is 25.6 Å². The van der Waals surface area contributed by atoms with Gasteiger partial charge in [0.25, 0.3) is 0 Å². The van der Waals surface area contributed by atoms with Crippen LogP contribution in [0.5, 0.6) is 0 Å². The summed E-state index contributed by atoms with van der Waals surface area (Å²) in [5, 5.41) is 2.17. The molecule has 0 fully saturated rings. The SMILES string of the molecule is [2H]c1c(-c2cccc3c2sc2ccccc23)c([2H])c2c(oc3c([2H])c(-c4nc(-c5ccc([N+]#[C-])cc5)nc(-c5ccc(C(C)(C)C)cc5)n4)c([2H])c([2H])c32)c1[2H]. The van der Waals surface area contributed by atoms with Crippen molar-refractivity contribution in [2.45, 2.75) is 26.2 Å². The topological polar surface area (TPSA) is 56.2 Å². The zero-order valence-corrected chi connectivity index (χ0v) is 28.1. The molecule has 0 radical (unpaired) electrons. The van der Waals surface area contributed by atoms with Crippen molar-refractivity contribution >= 4 is 59.1 Å². The Bertz CT molecular complexity index is 3140. The minimum absolute atomic E-state index is 0.0273. The summed E-state index contributed by atoms with van der Waals surface area (Å²) in [5.41, 5.74) is 3.30. The lowest BCUT2D eigenvalue weighted by Gasteiger charge is -2.19. The molecule has 0 spiro atoms. The summed E-state index contributed by atoms with van der Waals surface area (Å²) in [6, 6.07) is 26.7. The standard InChI is InChI=1S/C44H30N4OS/c1-44(2,3)30-18-12-26(13-19-30)41-46-42(27-14-20-31(45-4)21-15-27)48-43(47-41)29-16-22-33-36-24-28(17-23-37(36)49-38(33)25-29)32-9-7-10-35-34-8-5-6-11-39(34)50-40(32)35/h5-25H,1-3H3/i16D,17D,22D,23D,24D,25D. The molecule has 3 aromatic heterocycles. The first-order valence-corrected chi connectivity index (χ1v) is 16.9. The molecule has 5 nitrogen and oxygen atoms in total. The Hall–Kier alpha value is -6.16. The molecule has 6 aromatic carbocycles. The fourth-order valence-electron chi connectivity index (χ4n) is 6.13. The number of hydrogen-bond acceptors (Lipinski definition) is 5. The van der Waals surface area contributed by atoms with Crippen LogP contribution < -0.4 is 0 Å². The summed E-state index contributed by atoms with van der Waals surface area (Å²) in [6.45, 7) is 13.7. The number of furan rings is 1. The summed E-state index contributed by atoms with van der Waals surface area (Å²) in [4.78, 5) is 17.7. The first-order chi connectivity index (χ1) is 26.8. The number of thiophene rings is 1. The molecule has 238 valence electrons. The molecule has 0 atom stereocenters. The fraction of sp³-hybridized carbons (Fsp3) is 0.0909. The van der Waals surface area contributed by atoms with Crippen LogP contribution in [-0.4, -0.2) is 15.0 Å². The molecule has 9 rings (SSSR count). The Labute approximate surface area is 301 Å². The summed E-state index contributed by atoms with van der Waals surface area (Å²) in [7, 11) is 0. The number of fused-ring (bicyclic) bond motifs is 6. The van der Waals surface area contributed by atoms with Gasteiger partial charge in [0.05, 0.1) is 14.8 Å². The van der Waals surface area contributed by atoms with Crippen molar-refractivity contribution < 1.29 is 12.6 Å². The fourth-order valence-corrected chi connectivity index (χ4v) is 7.35. The number of benzene rings is 6. The minimum atomic E-state index is -0.353. The van der Waals surface area contributed by atoms with Crippen molar-refractivity contribution in [3.8, 4) is 45.3 Å². The average Bonchev–Trinajstić information content (AvgIpc) is 3.80. The third kappa shape index (κ3) is 5.11. The van der Waals surface area contributed by atoms with Crippen LogP contribution in [0.1, 0.15) is 34.6 Å².